The average molecular weight is 259 g/mol. The molecule has 2 aromatic rings. The number of rotatable bonds is 5. The Morgan fingerprint density at radius 1 is 1.56 bits per heavy atom. The fraction of sp³-hybridized carbons (Fsp3) is 0.444. The Bertz CT molecular complexity index is 475. The Balaban J connectivity index is 2.12. The van der Waals surface area contributed by atoms with Crippen molar-refractivity contribution in [3.63, 3.8) is 0 Å². The van der Waals surface area contributed by atoms with Crippen LogP contribution in [0, 0.1) is 0 Å². The van der Waals surface area contributed by atoms with Crippen molar-refractivity contribution >= 4 is 29.1 Å². The van der Waals surface area contributed by atoms with Gasteiger partial charge in [-0.2, -0.15) is 19.6 Å². The molecule has 0 bridgehead atoms. The van der Waals surface area contributed by atoms with Crippen LogP contribution in [-0.2, 0) is 4.74 Å². The van der Waals surface area contributed by atoms with E-state index < -0.39 is 0 Å². The third-order valence-electron chi connectivity index (χ3n) is 1.93. The molecule has 2 heterocycles. The Morgan fingerprint density at radius 3 is 3.25 bits per heavy atom. The second kappa shape index (κ2) is 5.47. The summed E-state index contributed by atoms with van der Waals surface area (Å²) in [4.78, 5) is 8.06. The fourth-order valence-corrected chi connectivity index (χ4v) is 2.40. The molecule has 0 radical (unpaired) electrons. The molecular formula is C9H11ClN4OS. The molecule has 0 fully saturated rings. The summed E-state index contributed by atoms with van der Waals surface area (Å²) in [5, 5.41) is 5.48. The molecule has 0 aliphatic carbocycles. The molecule has 0 unspecified atom stereocenters. The predicted molar refractivity (Wildman–Crippen MR) is 63.0 cm³/mol. The first kappa shape index (κ1) is 11.6. The largest absolute Gasteiger partial charge is 0.385 e. The lowest BCUT2D eigenvalue weighted by Crippen LogP contribution is -1.97. The predicted octanol–water partition coefficient (Wildman–Crippen LogP) is 1.91. The number of hydrogen-bond acceptors (Lipinski definition) is 5. The first-order valence-electron chi connectivity index (χ1n) is 4.79. The summed E-state index contributed by atoms with van der Waals surface area (Å²) in [5.74, 6) is 1.48. The van der Waals surface area contributed by atoms with Crippen LogP contribution >= 0.6 is 23.4 Å². The lowest BCUT2D eigenvalue weighted by molar-refractivity contribution is 0.200. The van der Waals surface area contributed by atoms with Gasteiger partial charge in [-0.1, -0.05) is 11.6 Å². The maximum absolute atomic E-state index is 5.89. The Labute approximate surface area is 102 Å². The van der Waals surface area contributed by atoms with E-state index in [0.717, 1.165) is 23.8 Å². The maximum atomic E-state index is 5.89. The molecule has 0 N–H and O–H groups in total. The summed E-state index contributed by atoms with van der Waals surface area (Å²) in [5.41, 5.74) is 0. The summed E-state index contributed by atoms with van der Waals surface area (Å²) < 4.78 is 6.67. The van der Waals surface area contributed by atoms with Gasteiger partial charge in [-0.25, -0.2) is 0 Å². The van der Waals surface area contributed by atoms with E-state index >= 15 is 0 Å². The Morgan fingerprint density at radius 2 is 2.44 bits per heavy atom. The second-order valence-corrected chi connectivity index (χ2v) is 4.59. The molecule has 0 atom stereocenters. The van der Waals surface area contributed by atoms with Crippen LogP contribution < -0.4 is 0 Å². The van der Waals surface area contributed by atoms with Gasteiger partial charge in [-0.05, 0) is 6.42 Å². The molecular weight excluding hydrogens is 248 g/mol. The molecule has 16 heavy (non-hydrogen) atoms. The minimum Gasteiger partial charge on any atom is -0.385 e. The van der Waals surface area contributed by atoms with Crippen LogP contribution in [0.4, 0.5) is 0 Å². The number of aromatic nitrogens is 4. The number of methoxy groups -OCH3 is 1. The van der Waals surface area contributed by atoms with E-state index in [-0.39, 0.29) is 0 Å². The first-order valence-corrected chi connectivity index (χ1v) is 6.15. The highest BCUT2D eigenvalue weighted by Crippen LogP contribution is 2.21. The molecule has 0 saturated carbocycles. The van der Waals surface area contributed by atoms with Crippen molar-refractivity contribution in [3.05, 3.63) is 17.5 Å². The van der Waals surface area contributed by atoms with Crippen molar-refractivity contribution < 1.29 is 4.74 Å². The highest BCUT2D eigenvalue weighted by Gasteiger charge is 2.06. The zero-order valence-corrected chi connectivity index (χ0v) is 10.3. The number of fused-ring (bicyclic) bond motifs is 1. The van der Waals surface area contributed by atoms with E-state index in [0.29, 0.717) is 10.9 Å². The summed E-state index contributed by atoms with van der Waals surface area (Å²) in [7, 11) is 1.70. The van der Waals surface area contributed by atoms with E-state index in [1.54, 1.807) is 29.5 Å². The number of halogens is 1. The zero-order valence-electron chi connectivity index (χ0n) is 8.76. The highest BCUT2D eigenvalue weighted by atomic mass is 35.5. The number of ether oxygens (including phenoxy) is 1. The minimum absolute atomic E-state index is 0.440. The molecule has 0 aliphatic rings. The van der Waals surface area contributed by atoms with Crippen LogP contribution in [0.15, 0.2) is 17.4 Å². The summed E-state index contributed by atoms with van der Waals surface area (Å²) >= 11 is 7.56. The highest BCUT2D eigenvalue weighted by molar-refractivity contribution is 7.99. The molecule has 5 nitrogen and oxygen atoms in total. The van der Waals surface area contributed by atoms with Gasteiger partial charge in [-0.3, -0.25) is 0 Å². The quantitative estimate of drug-likeness (QED) is 0.466. The summed E-state index contributed by atoms with van der Waals surface area (Å²) in [6.45, 7) is 0.756. The third kappa shape index (κ3) is 2.63. The van der Waals surface area contributed by atoms with Crippen molar-refractivity contribution in [1.82, 2.24) is 19.6 Å². The van der Waals surface area contributed by atoms with Gasteiger partial charge in [0.05, 0.1) is 0 Å². The normalized spacial score (nSPS) is 11.1. The van der Waals surface area contributed by atoms with Crippen LogP contribution in [-0.4, -0.2) is 39.1 Å². The smallest absolute Gasteiger partial charge is 0.254 e. The topological polar surface area (TPSA) is 52.3 Å². The van der Waals surface area contributed by atoms with Crippen molar-refractivity contribution in [2.24, 2.45) is 0 Å². The van der Waals surface area contributed by atoms with Crippen LogP contribution in [0.2, 0.25) is 5.15 Å². The van der Waals surface area contributed by atoms with E-state index in [1.165, 1.54) is 6.33 Å². The van der Waals surface area contributed by atoms with Crippen molar-refractivity contribution in [1.29, 1.82) is 0 Å². The van der Waals surface area contributed by atoms with Crippen molar-refractivity contribution in [2.45, 2.75) is 11.4 Å². The van der Waals surface area contributed by atoms with Gasteiger partial charge in [0.1, 0.15) is 16.5 Å². The maximum Gasteiger partial charge on any atom is 0.254 e. The lowest BCUT2D eigenvalue weighted by atomic mass is 10.5. The average Bonchev–Trinajstić information content (AvgIpc) is 2.72. The van der Waals surface area contributed by atoms with Gasteiger partial charge in [-0.15, -0.1) is 11.8 Å². The van der Waals surface area contributed by atoms with E-state index in [4.69, 9.17) is 16.3 Å². The molecule has 2 rings (SSSR count). The zero-order chi connectivity index (χ0) is 11.4. The van der Waals surface area contributed by atoms with Gasteiger partial charge >= 0.3 is 0 Å². The van der Waals surface area contributed by atoms with Crippen LogP contribution in [0.1, 0.15) is 6.42 Å². The molecule has 0 aliphatic heterocycles. The summed E-state index contributed by atoms with van der Waals surface area (Å²) in [6.07, 6.45) is 2.45. The van der Waals surface area contributed by atoms with Crippen molar-refractivity contribution in [2.75, 3.05) is 19.5 Å². The second-order valence-electron chi connectivity index (χ2n) is 3.08. The van der Waals surface area contributed by atoms with E-state index in [2.05, 4.69) is 15.1 Å². The third-order valence-corrected chi connectivity index (χ3v) is 3.20. The van der Waals surface area contributed by atoms with Crippen LogP contribution in [0.5, 0.6) is 0 Å². The van der Waals surface area contributed by atoms with Gasteiger partial charge in [0.25, 0.3) is 5.78 Å². The number of nitrogens with zero attached hydrogens (tertiary/aromatic N) is 4. The standard InChI is InChI=1S/C9H11ClN4OS/c1-15-3-2-4-16-8-5-7(10)13-9-11-6-12-14(8)9/h5-6H,2-4H2,1H3. The van der Waals surface area contributed by atoms with Gasteiger partial charge in [0.15, 0.2) is 0 Å². The minimum atomic E-state index is 0.440. The van der Waals surface area contributed by atoms with E-state index in [1.807, 2.05) is 0 Å². The van der Waals surface area contributed by atoms with Gasteiger partial charge < -0.3 is 4.74 Å². The molecule has 7 heteroatoms. The number of hydrogen-bond donors (Lipinski definition) is 0. The molecule has 0 saturated heterocycles. The first-order chi connectivity index (χ1) is 7.81. The molecule has 0 amide bonds. The molecule has 86 valence electrons. The van der Waals surface area contributed by atoms with Crippen LogP contribution in [0.25, 0.3) is 5.78 Å². The Hall–Kier alpha value is -0.850. The van der Waals surface area contributed by atoms with Crippen LogP contribution in [0.3, 0.4) is 0 Å². The Kier molecular flexibility index (Phi) is 3.98. The fourth-order valence-electron chi connectivity index (χ4n) is 1.24. The summed E-state index contributed by atoms with van der Waals surface area (Å²) in [6, 6.07) is 1.79. The molecule has 0 aromatic carbocycles. The SMILES string of the molecule is COCCCSc1cc(Cl)nc2ncnn12. The number of thioether (sulfide) groups is 1. The lowest BCUT2D eigenvalue weighted by Gasteiger charge is -2.03. The molecule has 0 spiro atoms. The monoisotopic (exact) mass is 258 g/mol. The van der Waals surface area contributed by atoms with E-state index in [9.17, 15) is 0 Å². The van der Waals surface area contributed by atoms with Crippen molar-refractivity contribution in [3.8, 4) is 0 Å². The van der Waals surface area contributed by atoms with Gasteiger partial charge in [0.2, 0.25) is 0 Å². The molecule has 2 aromatic heterocycles. The van der Waals surface area contributed by atoms with Gasteiger partial charge in [0, 0.05) is 25.5 Å².